The molecule has 16 heteroatoms. The molecule has 0 radical (unpaired) electrons. The van der Waals surface area contributed by atoms with Crippen LogP contribution in [0, 0.1) is 5.92 Å². The Balaban J connectivity index is 0.00000506. The lowest BCUT2D eigenvalue weighted by molar-refractivity contribution is -0.138. The zero-order valence-electron chi connectivity index (χ0n) is 24.8. The lowest BCUT2D eigenvalue weighted by atomic mass is 10.1. The van der Waals surface area contributed by atoms with E-state index in [0.717, 1.165) is 11.8 Å². The molecule has 4 rings (SSSR count). The highest BCUT2D eigenvalue weighted by atomic mass is 35.5. The van der Waals surface area contributed by atoms with Gasteiger partial charge in [-0.1, -0.05) is 18.7 Å². The number of aromatic nitrogens is 2. The number of thioether (sulfide) groups is 2. The van der Waals surface area contributed by atoms with Gasteiger partial charge in [-0.3, -0.25) is 14.4 Å². The highest BCUT2D eigenvalue weighted by Crippen LogP contribution is 2.35. The predicted octanol–water partition coefficient (Wildman–Crippen LogP) is 3.10. The maximum absolute atomic E-state index is 13.6. The molecule has 13 nitrogen and oxygen atoms in total. The first kappa shape index (κ1) is 34.3. The SMILES string of the molecule is CCOC(=O)N1CCN(c2nc(NC(=O)C3CSCN3C(=O)C(C)CSC(C)=O)c3cc(OC)c(OC)cc3n2)CC1.Cl. The Labute approximate surface area is 265 Å². The van der Waals surface area contributed by atoms with Crippen LogP contribution in [0.3, 0.4) is 0 Å². The standard InChI is InChI=1S/C27H36N6O7S2.ClH/c1-6-40-27(37)32-9-7-31(8-10-32)26-28-19-12-22(39-5)21(38-4)11-18(19)23(30-26)29-24(35)20-14-41-15-33(20)25(36)16(2)13-42-17(3)34;/h11-12,16,20H,6-10,13-15H2,1-5H3,(H,28,29,30,35);1H. The summed E-state index contributed by atoms with van der Waals surface area (Å²) in [4.78, 5) is 65.0. The van der Waals surface area contributed by atoms with Crippen molar-refractivity contribution < 1.29 is 33.4 Å². The van der Waals surface area contributed by atoms with E-state index in [0.29, 0.717) is 78.5 Å². The van der Waals surface area contributed by atoms with E-state index in [4.69, 9.17) is 24.2 Å². The topological polar surface area (TPSA) is 144 Å². The summed E-state index contributed by atoms with van der Waals surface area (Å²) in [5.41, 5.74) is 0.532. The Hall–Kier alpha value is -3.17. The van der Waals surface area contributed by atoms with Gasteiger partial charge in [0.25, 0.3) is 0 Å². The molecule has 2 atom stereocenters. The van der Waals surface area contributed by atoms with E-state index < -0.39 is 12.0 Å². The molecule has 0 bridgehead atoms. The molecule has 1 aromatic heterocycles. The largest absolute Gasteiger partial charge is 0.493 e. The fourth-order valence-corrected chi connectivity index (χ4v) is 6.45. The summed E-state index contributed by atoms with van der Waals surface area (Å²) in [6.07, 6.45) is -0.357. The number of piperazine rings is 1. The van der Waals surface area contributed by atoms with Gasteiger partial charge in [0, 0.05) is 62.0 Å². The van der Waals surface area contributed by atoms with Crippen molar-refractivity contribution in [3.05, 3.63) is 12.1 Å². The van der Waals surface area contributed by atoms with Gasteiger partial charge in [0.15, 0.2) is 16.6 Å². The maximum Gasteiger partial charge on any atom is 0.409 e. The molecule has 2 aliphatic heterocycles. The number of nitrogens with one attached hydrogen (secondary N) is 1. The molecule has 2 unspecified atom stereocenters. The van der Waals surface area contributed by atoms with Crippen LogP contribution in [0.4, 0.5) is 16.6 Å². The summed E-state index contributed by atoms with van der Waals surface area (Å²) >= 11 is 2.60. The molecule has 3 amide bonds. The molecular weight excluding hydrogens is 620 g/mol. The van der Waals surface area contributed by atoms with Crippen LogP contribution in [0.15, 0.2) is 12.1 Å². The van der Waals surface area contributed by atoms with E-state index in [-0.39, 0.29) is 41.2 Å². The average molecular weight is 657 g/mol. The van der Waals surface area contributed by atoms with Gasteiger partial charge in [-0.05, 0) is 13.0 Å². The van der Waals surface area contributed by atoms with E-state index >= 15 is 0 Å². The second-order valence-corrected chi connectivity index (χ2v) is 12.0. The van der Waals surface area contributed by atoms with Gasteiger partial charge >= 0.3 is 6.09 Å². The number of hydrogen-bond donors (Lipinski definition) is 1. The van der Waals surface area contributed by atoms with E-state index in [9.17, 15) is 19.2 Å². The van der Waals surface area contributed by atoms with Crippen LogP contribution in [-0.2, 0) is 19.1 Å². The van der Waals surface area contributed by atoms with Crippen molar-refractivity contribution >= 4 is 81.6 Å². The van der Waals surface area contributed by atoms with Gasteiger partial charge in [-0.15, -0.1) is 24.2 Å². The van der Waals surface area contributed by atoms with E-state index in [1.54, 1.807) is 35.8 Å². The first-order valence-corrected chi connectivity index (χ1v) is 15.7. The van der Waals surface area contributed by atoms with Crippen LogP contribution >= 0.6 is 35.9 Å². The molecule has 0 spiro atoms. The average Bonchev–Trinajstić information content (AvgIpc) is 3.49. The van der Waals surface area contributed by atoms with Crippen LogP contribution in [-0.4, -0.2) is 113 Å². The second kappa shape index (κ2) is 15.5. The first-order valence-electron chi connectivity index (χ1n) is 13.6. The molecule has 2 aromatic rings. The maximum atomic E-state index is 13.6. The minimum atomic E-state index is -0.700. The second-order valence-electron chi connectivity index (χ2n) is 9.79. The molecule has 1 aromatic carbocycles. The highest BCUT2D eigenvalue weighted by molar-refractivity contribution is 8.13. The number of anilines is 2. The van der Waals surface area contributed by atoms with E-state index in [1.807, 2.05) is 4.90 Å². The van der Waals surface area contributed by atoms with E-state index in [2.05, 4.69) is 5.32 Å². The minimum Gasteiger partial charge on any atom is -0.493 e. The summed E-state index contributed by atoms with van der Waals surface area (Å²) in [6, 6.07) is 2.73. The zero-order valence-corrected chi connectivity index (χ0v) is 27.2. The van der Waals surface area contributed by atoms with Crippen molar-refractivity contribution in [2.75, 3.05) is 74.6 Å². The van der Waals surface area contributed by atoms with Crippen molar-refractivity contribution in [3.63, 3.8) is 0 Å². The van der Waals surface area contributed by atoms with E-state index in [1.165, 1.54) is 32.9 Å². The third-order valence-corrected chi connectivity index (χ3v) is 9.03. The molecule has 2 fully saturated rings. The minimum absolute atomic E-state index is 0. The van der Waals surface area contributed by atoms with Crippen LogP contribution < -0.4 is 19.7 Å². The molecule has 0 aliphatic carbocycles. The number of nitrogens with zero attached hydrogens (tertiary/aromatic N) is 5. The first-order chi connectivity index (χ1) is 20.2. The lowest BCUT2D eigenvalue weighted by Gasteiger charge is -2.34. The number of amides is 3. The number of carbonyl (C=O) groups excluding carboxylic acids is 4. The van der Waals surface area contributed by atoms with Gasteiger partial charge in [0.2, 0.25) is 17.8 Å². The van der Waals surface area contributed by atoms with Crippen LogP contribution in [0.5, 0.6) is 11.5 Å². The van der Waals surface area contributed by atoms with Crippen molar-refractivity contribution in [3.8, 4) is 11.5 Å². The Morgan fingerprint density at radius 2 is 1.77 bits per heavy atom. The number of halogens is 1. The number of fused-ring (bicyclic) bond motifs is 1. The molecule has 2 saturated heterocycles. The zero-order chi connectivity index (χ0) is 30.4. The van der Waals surface area contributed by atoms with Gasteiger partial charge in [-0.2, -0.15) is 4.98 Å². The lowest BCUT2D eigenvalue weighted by Crippen LogP contribution is -2.49. The molecule has 1 N–H and O–H groups in total. The molecule has 43 heavy (non-hydrogen) atoms. The fraction of sp³-hybridized carbons (Fsp3) is 0.556. The summed E-state index contributed by atoms with van der Waals surface area (Å²) in [6.45, 7) is 7.13. The number of ether oxygens (including phenoxy) is 3. The fourth-order valence-electron chi connectivity index (χ4n) is 4.66. The number of benzene rings is 1. The quantitative estimate of drug-likeness (QED) is 0.424. The van der Waals surface area contributed by atoms with Crippen LogP contribution in [0.1, 0.15) is 20.8 Å². The monoisotopic (exact) mass is 656 g/mol. The molecule has 0 saturated carbocycles. The van der Waals surface area contributed by atoms with Crippen molar-refractivity contribution in [2.45, 2.75) is 26.8 Å². The molecule has 236 valence electrons. The number of carbonyl (C=O) groups is 4. The normalized spacial score (nSPS) is 17.2. The number of hydrogen-bond acceptors (Lipinski definition) is 12. The molecule has 2 aliphatic rings. The van der Waals surface area contributed by atoms with Crippen LogP contribution in [0.25, 0.3) is 10.9 Å². The summed E-state index contributed by atoms with van der Waals surface area (Å²) in [5.74, 6) is 1.81. The van der Waals surface area contributed by atoms with Crippen molar-refractivity contribution in [1.29, 1.82) is 0 Å². The van der Waals surface area contributed by atoms with Crippen LogP contribution in [0.2, 0.25) is 0 Å². The van der Waals surface area contributed by atoms with Crippen molar-refractivity contribution in [1.82, 2.24) is 19.8 Å². The molecular formula is C27H37ClN6O7S2. The van der Waals surface area contributed by atoms with Gasteiger partial charge in [-0.25, -0.2) is 9.78 Å². The third-order valence-electron chi connectivity index (χ3n) is 6.95. The van der Waals surface area contributed by atoms with Crippen molar-refractivity contribution in [2.24, 2.45) is 5.92 Å². The number of rotatable bonds is 9. The number of methoxy groups -OCH3 is 2. The Morgan fingerprint density at radius 1 is 1.09 bits per heavy atom. The summed E-state index contributed by atoms with van der Waals surface area (Å²) < 4.78 is 16.1. The third kappa shape index (κ3) is 8.06. The smallest absolute Gasteiger partial charge is 0.409 e. The Morgan fingerprint density at radius 3 is 2.40 bits per heavy atom. The van der Waals surface area contributed by atoms with Gasteiger partial charge in [0.05, 0.1) is 32.2 Å². The van der Waals surface area contributed by atoms with Gasteiger partial charge < -0.3 is 34.2 Å². The Kier molecular flexibility index (Phi) is 12.4. The summed E-state index contributed by atoms with van der Waals surface area (Å²) in [7, 11) is 3.05. The van der Waals surface area contributed by atoms with Gasteiger partial charge in [0.1, 0.15) is 11.9 Å². The summed E-state index contributed by atoms with van der Waals surface area (Å²) in [5, 5.41) is 3.44. The highest BCUT2D eigenvalue weighted by Gasteiger charge is 2.37. The Bertz CT molecular complexity index is 1340. The predicted molar refractivity (Wildman–Crippen MR) is 170 cm³/mol. The molecule has 3 heterocycles.